The third kappa shape index (κ3) is 5.89. The topological polar surface area (TPSA) is 12.0 Å². The maximum atomic E-state index is 6.15. The zero-order valence-electron chi connectivity index (χ0n) is 10.8. The molecule has 0 heterocycles. The molecule has 0 fully saturated rings. The smallest absolute Gasteiger partial charge is 0.0451 e. The first kappa shape index (κ1) is 15.0. The number of hydrogen-bond donors (Lipinski definition) is 1. The number of benzene rings is 1. The van der Waals surface area contributed by atoms with Gasteiger partial charge in [-0.05, 0) is 49.4 Å². The summed E-state index contributed by atoms with van der Waals surface area (Å²) in [4.78, 5) is 0. The molecule has 1 unspecified atom stereocenters. The second-order valence-corrected chi connectivity index (χ2v) is 6.31. The van der Waals surface area contributed by atoms with Crippen LogP contribution in [0.1, 0.15) is 39.2 Å². The van der Waals surface area contributed by atoms with Gasteiger partial charge in [0.25, 0.3) is 0 Å². The Labute approximate surface area is 118 Å². The predicted molar refractivity (Wildman–Crippen MR) is 79.5 cm³/mol. The second-order valence-electron chi connectivity index (χ2n) is 4.99. The van der Waals surface area contributed by atoms with E-state index in [4.69, 9.17) is 11.6 Å². The molecule has 1 rings (SSSR count). The highest BCUT2D eigenvalue weighted by Gasteiger charge is 2.05. The van der Waals surface area contributed by atoms with Crippen molar-refractivity contribution in [1.82, 2.24) is 5.32 Å². The molecule has 0 amide bonds. The summed E-state index contributed by atoms with van der Waals surface area (Å²) in [5.74, 6) is 0.772. The summed E-state index contributed by atoms with van der Waals surface area (Å²) in [5.41, 5.74) is 1.15. The maximum Gasteiger partial charge on any atom is 0.0451 e. The molecule has 1 nitrogen and oxygen atoms in total. The van der Waals surface area contributed by atoms with Crippen molar-refractivity contribution >= 4 is 27.5 Å². The number of rotatable bonds is 6. The minimum absolute atomic E-state index is 0.535. The van der Waals surface area contributed by atoms with E-state index in [9.17, 15) is 0 Å². The fourth-order valence-electron chi connectivity index (χ4n) is 1.65. The zero-order valence-corrected chi connectivity index (χ0v) is 13.1. The lowest BCUT2D eigenvalue weighted by Gasteiger charge is -2.15. The molecular weight excluding hydrogens is 298 g/mol. The molecule has 1 aromatic rings. The van der Waals surface area contributed by atoms with Crippen LogP contribution in [0.25, 0.3) is 0 Å². The van der Waals surface area contributed by atoms with Crippen LogP contribution in [0.15, 0.2) is 22.7 Å². The Hall–Kier alpha value is -0.0500. The zero-order chi connectivity index (χ0) is 12.8. The molecule has 3 heteroatoms. The molecule has 0 spiro atoms. The van der Waals surface area contributed by atoms with Gasteiger partial charge < -0.3 is 5.32 Å². The standard InChI is InChI=1S/C14H21BrClN/c1-10(2)4-5-11(3)17-9-12-8-13(15)6-7-14(12)16/h6-8,10-11,17H,4-5,9H2,1-3H3. The molecular formula is C14H21BrClN. The van der Waals surface area contributed by atoms with Crippen LogP contribution in [0.4, 0.5) is 0 Å². The van der Waals surface area contributed by atoms with Gasteiger partial charge in [-0.3, -0.25) is 0 Å². The SMILES string of the molecule is CC(C)CCC(C)NCc1cc(Br)ccc1Cl. The monoisotopic (exact) mass is 317 g/mol. The largest absolute Gasteiger partial charge is 0.310 e. The normalized spacial score (nSPS) is 13.1. The number of hydrogen-bond acceptors (Lipinski definition) is 1. The average molecular weight is 319 g/mol. The van der Waals surface area contributed by atoms with Gasteiger partial charge in [-0.1, -0.05) is 41.4 Å². The van der Waals surface area contributed by atoms with Crippen molar-refractivity contribution in [1.29, 1.82) is 0 Å². The van der Waals surface area contributed by atoms with Crippen LogP contribution in [0.3, 0.4) is 0 Å². The Bertz CT molecular complexity index is 352. The van der Waals surface area contributed by atoms with Crippen LogP contribution in [0, 0.1) is 5.92 Å². The van der Waals surface area contributed by atoms with E-state index in [1.807, 2.05) is 12.1 Å². The van der Waals surface area contributed by atoms with Crippen molar-refractivity contribution in [2.75, 3.05) is 0 Å². The molecule has 17 heavy (non-hydrogen) atoms. The van der Waals surface area contributed by atoms with E-state index in [2.05, 4.69) is 48.1 Å². The van der Waals surface area contributed by atoms with Gasteiger partial charge in [0.05, 0.1) is 0 Å². The molecule has 0 saturated carbocycles. The second kappa shape index (κ2) is 7.40. The Morgan fingerprint density at radius 3 is 2.59 bits per heavy atom. The van der Waals surface area contributed by atoms with Gasteiger partial charge in [0, 0.05) is 22.1 Å². The van der Waals surface area contributed by atoms with E-state index < -0.39 is 0 Å². The molecule has 96 valence electrons. The van der Waals surface area contributed by atoms with Gasteiger partial charge in [0.15, 0.2) is 0 Å². The van der Waals surface area contributed by atoms with E-state index in [0.29, 0.717) is 6.04 Å². The summed E-state index contributed by atoms with van der Waals surface area (Å²) in [5, 5.41) is 4.35. The molecule has 0 aliphatic carbocycles. The Kier molecular flexibility index (Phi) is 6.53. The lowest BCUT2D eigenvalue weighted by Crippen LogP contribution is -2.25. The third-order valence-corrected chi connectivity index (χ3v) is 3.69. The molecule has 0 radical (unpaired) electrons. The van der Waals surface area contributed by atoms with E-state index in [-0.39, 0.29) is 0 Å². The van der Waals surface area contributed by atoms with Crippen molar-refractivity contribution in [3.8, 4) is 0 Å². The summed E-state index contributed by atoms with van der Waals surface area (Å²) in [7, 11) is 0. The Morgan fingerprint density at radius 2 is 1.94 bits per heavy atom. The molecule has 0 saturated heterocycles. The summed E-state index contributed by atoms with van der Waals surface area (Å²) in [6.45, 7) is 7.58. The average Bonchev–Trinajstić information content (AvgIpc) is 2.27. The van der Waals surface area contributed by atoms with E-state index >= 15 is 0 Å². The molecule has 1 aromatic carbocycles. The highest BCUT2D eigenvalue weighted by Crippen LogP contribution is 2.21. The van der Waals surface area contributed by atoms with Crippen molar-refractivity contribution < 1.29 is 0 Å². The van der Waals surface area contributed by atoms with Crippen molar-refractivity contribution in [3.63, 3.8) is 0 Å². The van der Waals surface area contributed by atoms with Gasteiger partial charge in [-0.2, -0.15) is 0 Å². The fourth-order valence-corrected chi connectivity index (χ4v) is 2.24. The minimum atomic E-state index is 0.535. The van der Waals surface area contributed by atoms with Gasteiger partial charge in [0.2, 0.25) is 0 Å². The van der Waals surface area contributed by atoms with Crippen LogP contribution < -0.4 is 5.32 Å². The maximum absolute atomic E-state index is 6.15. The van der Waals surface area contributed by atoms with E-state index in [1.165, 1.54) is 12.8 Å². The molecule has 0 bridgehead atoms. The third-order valence-electron chi connectivity index (χ3n) is 2.83. The molecule has 0 aliphatic heterocycles. The van der Waals surface area contributed by atoms with Crippen LogP contribution in [0.2, 0.25) is 5.02 Å². The van der Waals surface area contributed by atoms with Crippen LogP contribution in [0.5, 0.6) is 0 Å². The molecule has 1 N–H and O–H groups in total. The number of halogens is 2. The van der Waals surface area contributed by atoms with Crippen LogP contribution >= 0.6 is 27.5 Å². The fraction of sp³-hybridized carbons (Fsp3) is 0.571. The summed E-state index contributed by atoms with van der Waals surface area (Å²) in [6, 6.07) is 6.51. The molecule has 1 atom stereocenters. The van der Waals surface area contributed by atoms with E-state index in [0.717, 1.165) is 27.5 Å². The Morgan fingerprint density at radius 1 is 1.24 bits per heavy atom. The molecule has 0 aliphatic rings. The summed E-state index contributed by atoms with van der Waals surface area (Å²) >= 11 is 9.61. The first-order valence-corrected chi connectivity index (χ1v) is 7.33. The number of nitrogens with one attached hydrogen (secondary N) is 1. The lowest BCUT2D eigenvalue weighted by atomic mass is 10.0. The van der Waals surface area contributed by atoms with E-state index in [1.54, 1.807) is 0 Å². The van der Waals surface area contributed by atoms with Gasteiger partial charge in [-0.25, -0.2) is 0 Å². The van der Waals surface area contributed by atoms with Crippen molar-refractivity contribution in [2.45, 2.75) is 46.2 Å². The summed E-state index contributed by atoms with van der Waals surface area (Å²) < 4.78 is 1.08. The summed E-state index contributed by atoms with van der Waals surface area (Å²) in [6.07, 6.45) is 2.48. The van der Waals surface area contributed by atoms with Gasteiger partial charge in [0.1, 0.15) is 0 Å². The molecule has 0 aromatic heterocycles. The van der Waals surface area contributed by atoms with Gasteiger partial charge >= 0.3 is 0 Å². The Balaban J connectivity index is 2.41. The lowest BCUT2D eigenvalue weighted by molar-refractivity contribution is 0.451. The quantitative estimate of drug-likeness (QED) is 0.777. The van der Waals surface area contributed by atoms with Crippen LogP contribution in [-0.4, -0.2) is 6.04 Å². The highest BCUT2D eigenvalue weighted by molar-refractivity contribution is 9.10. The van der Waals surface area contributed by atoms with Crippen LogP contribution in [-0.2, 0) is 6.54 Å². The predicted octanol–water partition coefficient (Wildman–Crippen LogP) is 5.02. The minimum Gasteiger partial charge on any atom is -0.310 e. The first-order valence-electron chi connectivity index (χ1n) is 6.16. The first-order chi connectivity index (χ1) is 7.99. The van der Waals surface area contributed by atoms with Crippen molar-refractivity contribution in [2.24, 2.45) is 5.92 Å². The van der Waals surface area contributed by atoms with Crippen molar-refractivity contribution in [3.05, 3.63) is 33.3 Å². The van der Waals surface area contributed by atoms with Gasteiger partial charge in [-0.15, -0.1) is 0 Å². The highest BCUT2D eigenvalue weighted by atomic mass is 79.9.